The molecule has 2 rings (SSSR count). The minimum absolute atomic E-state index is 0.198. The van der Waals surface area contributed by atoms with Gasteiger partial charge in [-0.3, -0.25) is 10.1 Å². The topological polar surface area (TPSA) is 42.0 Å². The van der Waals surface area contributed by atoms with E-state index >= 15 is 0 Å². The number of nitrogens with one attached hydrogen (secondary N) is 1. The Bertz CT molecular complexity index is 341. The van der Waals surface area contributed by atoms with Crippen molar-refractivity contribution in [2.45, 2.75) is 18.8 Å². The number of anilines is 1. The summed E-state index contributed by atoms with van der Waals surface area (Å²) in [4.78, 5) is 15.2. The quantitative estimate of drug-likeness (QED) is 0.749. The molecule has 0 aliphatic heterocycles. The molecule has 0 spiro atoms. The van der Waals surface area contributed by atoms with Crippen molar-refractivity contribution in [1.29, 1.82) is 0 Å². The second-order valence-corrected chi connectivity index (χ2v) is 3.90. The van der Waals surface area contributed by atoms with Crippen LogP contribution >= 0.6 is 11.3 Å². The normalized spacial score (nSPS) is 15.4. The van der Waals surface area contributed by atoms with Gasteiger partial charge in [0.25, 0.3) is 0 Å². The maximum absolute atomic E-state index is 10.9. The summed E-state index contributed by atoms with van der Waals surface area (Å²) in [6, 6.07) is 0. The molecule has 1 saturated carbocycles. The SMILES string of the molecule is C=CC(=O)Nc1nc(C2CC2)cs1. The van der Waals surface area contributed by atoms with Crippen molar-refractivity contribution < 1.29 is 4.79 Å². The Morgan fingerprint density at radius 3 is 3.15 bits per heavy atom. The summed E-state index contributed by atoms with van der Waals surface area (Å²) in [6.45, 7) is 3.38. The van der Waals surface area contributed by atoms with Gasteiger partial charge in [-0.25, -0.2) is 4.98 Å². The van der Waals surface area contributed by atoms with Gasteiger partial charge in [0.2, 0.25) is 5.91 Å². The number of hydrogen-bond donors (Lipinski definition) is 1. The van der Waals surface area contributed by atoms with Crippen LogP contribution in [0.3, 0.4) is 0 Å². The Balaban J connectivity index is 2.04. The fraction of sp³-hybridized carbons (Fsp3) is 0.333. The van der Waals surface area contributed by atoms with Gasteiger partial charge in [0.05, 0.1) is 5.69 Å². The average molecular weight is 194 g/mol. The third-order valence-electron chi connectivity index (χ3n) is 1.93. The van der Waals surface area contributed by atoms with Crippen LogP contribution in [0, 0.1) is 0 Å². The van der Waals surface area contributed by atoms with Crippen molar-refractivity contribution in [2.24, 2.45) is 0 Å². The van der Waals surface area contributed by atoms with E-state index in [0.29, 0.717) is 11.0 Å². The number of aromatic nitrogens is 1. The van der Waals surface area contributed by atoms with E-state index in [1.807, 2.05) is 5.38 Å². The summed E-state index contributed by atoms with van der Waals surface area (Å²) in [7, 11) is 0. The highest BCUT2D eigenvalue weighted by Gasteiger charge is 2.26. The zero-order valence-corrected chi connectivity index (χ0v) is 7.93. The fourth-order valence-electron chi connectivity index (χ4n) is 1.07. The maximum atomic E-state index is 10.9. The molecule has 13 heavy (non-hydrogen) atoms. The molecule has 0 radical (unpaired) electrons. The highest BCUT2D eigenvalue weighted by Crippen LogP contribution is 2.40. The van der Waals surface area contributed by atoms with Gasteiger partial charge >= 0.3 is 0 Å². The van der Waals surface area contributed by atoms with E-state index in [-0.39, 0.29) is 5.91 Å². The van der Waals surface area contributed by atoms with Crippen molar-refractivity contribution in [3.63, 3.8) is 0 Å². The van der Waals surface area contributed by atoms with Gasteiger partial charge in [-0.1, -0.05) is 6.58 Å². The van der Waals surface area contributed by atoms with Crippen molar-refractivity contribution >= 4 is 22.4 Å². The van der Waals surface area contributed by atoms with Gasteiger partial charge < -0.3 is 0 Å². The van der Waals surface area contributed by atoms with Crippen molar-refractivity contribution in [2.75, 3.05) is 5.32 Å². The van der Waals surface area contributed by atoms with Gasteiger partial charge in [0.15, 0.2) is 5.13 Å². The van der Waals surface area contributed by atoms with Gasteiger partial charge in [-0.15, -0.1) is 11.3 Å². The van der Waals surface area contributed by atoms with E-state index in [2.05, 4.69) is 16.9 Å². The van der Waals surface area contributed by atoms with Gasteiger partial charge in [0, 0.05) is 11.3 Å². The van der Waals surface area contributed by atoms with E-state index in [9.17, 15) is 4.79 Å². The molecule has 0 bridgehead atoms. The second-order valence-electron chi connectivity index (χ2n) is 3.05. The van der Waals surface area contributed by atoms with Gasteiger partial charge in [-0.2, -0.15) is 0 Å². The van der Waals surface area contributed by atoms with Crippen LogP contribution in [0.25, 0.3) is 0 Å². The Morgan fingerprint density at radius 1 is 1.77 bits per heavy atom. The maximum Gasteiger partial charge on any atom is 0.249 e. The molecule has 0 saturated heterocycles. The number of nitrogens with zero attached hydrogens (tertiary/aromatic N) is 1. The zero-order valence-electron chi connectivity index (χ0n) is 7.12. The van der Waals surface area contributed by atoms with Crippen LogP contribution in [0.1, 0.15) is 24.5 Å². The Kier molecular flexibility index (Phi) is 2.14. The van der Waals surface area contributed by atoms with Crippen LogP contribution in [-0.4, -0.2) is 10.9 Å². The molecular weight excluding hydrogens is 184 g/mol. The molecule has 68 valence electrons. The first-order chi connectivity index (χ1) is 6.29. The van der Waals surface area contributed by atoms with E-state index < -0.39 is 0 Å². The van der Waals surface area contributed by atoms with E-state index in [1.165, 1.54) is 30.3 Å². The van der Waals surface area contributed by atoms with Crippen LogP contribution in [0.5, 0.6) is 0 Å². The molecule has 0 unspecified atom stereocenters. The minimum atomic E-state index is -0.198. The number of carbonyl (C=O) groups is 1. The zero-order chi connectivity index (χ0) is 9.26. The van der Waals surface area contributed by atoms with Crippen molar-refractivity contribution in [1.82, 2.24) is 4.98 Å². The first-order valence-electron chi connectivity index (χ1n) is 4.18. The number of thiazole rings is 1. The molecule has 1 N–H and O–H groups in total. The number of carbonyl (C=O) groups excluding carboxylic acids is 1. The highest BCUT2D eigenvalue weighted by atomic mass is 32.1. The van der Waals surface area contributed by atoms with Crippen molar-refractivity contribution in [3.05, 3.63) is 23.7 Å². The fourth-order valence-corrected chi connectivity index (χ4v) is 1.86. The van der Waals surface area contributed by atoms with E-state index in [1.54, 1.807) is 0 Å². The lowest BCUT2D eigenvalue weighted by Gasteiger charge is -1.93. The summed E-state index contributed by atoms with van der Waals surface area (Å²) in [5.41, 5.74) is 1.12. The molecule has 1 heterocycles. The van der Waals surface area contributed by atoms with Crippen LogP contribution in [0.15, 0.2) is 18.0 Å². The summed E-state index contributed by atoms with van der Waals surface area (Å²) in [6.07, 6.45) is 3.72. The number of rotatable bonds is 3. The molecule has 1 aliphatic carbocycles. The van der Waals surface area contributed by atoms with Crippen molar-refractivity contribution in [3.8, 4) is 0 Å². The van der Waals surface area contributed by atoms with Gasteiger partial charge in [-0.05, 0) is 18.9 Å². The first-order valence-corrected chi connectivity index (χ1v) is 5.06. The summed E-state index contributed by atoms with van der Waals surface area (Å²) in [5.74, 6) is 0.447. The highest BCUT2D eigenvalue weighted by molar-refractivity contribution is 7.14. The Labute approximate surface area is 80.5 Å². The molecular formula is C9H10N2OS. The first kappa shape index (κ1) is 8.44. The molecule has 1 aromatic rings. The van der Waals surface area contributed by atoms with Crippen LogP contribution in [0.4, 0.5) is 5.13 Å². The standard InChI is InChI=1S/C9H10N2OS/c1-2-8(12)11-9-10-7(5-13-9)6-3-4-6/h2,5-6H,1,3-4H2,(H,10,11,12). The molecule has 1 amide bonds. The molecule has 1 fully saturated rings. The van der Waals surface area contributed by atoms with Crippen LogP contribution in [-0.2, 0) is 4.79 Å². The molecule has 4 heteroatoms. The minimum Gasteiger partial charge on any atom is -0.298 e. The molecule has 0 aromatic carbocycles. The predicted molar refractivity (Wildman–Crippen MR) is 52.9 cm³/mol. The predicted octanol–water partition coefficient (Wildman–Crippen LogP) is 2.14. The lowest BCUT2D eigenvalue weighted by molar-refractivity contribution is -0.111. The molecule has 1 aliphatic rings. The van der Waals surface area contributed by atoms with Gasteiger partial charge in [0.1, 0.15) is 0 Å². The Hall–Kier alpha value is -1.16. The largest absolute Gasteiger partial charge is 0.298 e. The van der Waals surface area contributed by atoms with E-state index in [4.69, 9.17) is 0 Å². The van der Waals surface area contributed by atoms with E-state index in [0.717, 1.165) is 5.69 Å². The van der Waals surface area contributed by atoms with Crippen LogP contribution < -0.4 is 5.32 Å². The summed E-state index contributed by atoms with van der Waals surface area (Å²) >= 11 is 1.47. The van der Waals surface area contributed by atoms with Crippen LogP contribution in [0.2, 0.25) is 0 Å². The molecule has 3 nitrogen and oxygen atoms in total. The lowest BCUT2D eigenvalue weighted by Crippen LogP contribution is -2.06. The summed E-state index contributed by atoms with van der Waals surface area (Å²) in [5, 5.41) is 5.33. The molecule has 0 atom stereocenters. The lowest BCUT2D eigenvalue weighted by atomic mass is 10.3. The monoisotopic (exact) mass is 194 g/mol. The second kappa shape index (κ2) is 3.30. The Morgan fingerprint density at radius 2 is 2.54 bits per heavy atom. The third kappa shape index (κ3) is 1.95. The smallest absolute Gasteiger partial charge is 0.249 e. The average Bonchev–Trinajstić information content (AvgIpc) is 2.88. The summed E-state index contributed by atoms with van der Waals surface area (Å²) < 4.78 is 0. The number of amides is 1. The molecule has 1 aromatic heterocycles. The number of hydrogen-bond acceptors (Lipinski definition) is 3. The third-order valence-corrected chi connectivity index (χ3v) is 2.71.